The Morgan fingerprint density at radius 2 is 2.00 bits per heavy atom. The monoisotopic (exact) mass is 272 g/mol. The molecule has 1 atom stereocenters. The second kappa shape index (κ2) is 6.56. The molecule has 0 aliphatic rings. The van der Waals surface area contributed by atoms with Crippen LogP contribution in [0.4, 0.5) is 14.5 Å². The molecule has 0 amide bonds. The van der Waals surface area contributed by atoms with Gasteiger partial charge in [0.05, 0.1) is 4.92 Å². The quantitative estimate of drug-likeness (QED) is 0.638. The molecule has 0 aromatic heterocycles. The van der Waals surface area contributed by atoms with Gasteiger partial charge in [-0.25, -0.2) is 8.78 Å². The van der Waals surface area contributed by atoms with Crippen molar-refractivity contribution in [2.75, 3.05) is 7.05 Å². The van der Waals surface area contributed by atoms with Crippen molar-refractivity contribution in [3.8, 4) is 0 Å². The highest BCUT2D eigenvalue weighted by molar-refractivity contribution is 5.41. The number of rotatable bonds is 6. The number of likely N-dealkylation sites (N-methyl/N-ethyl adjacent to an activating group) is 1. The number of alkyl halides is 2. The summed E-state index contributed by atoms with van der Waals surface area (Å²) < 4.78 is 26.0. The van der Waals surface area contributed by atoms with Crippen molar-refractivity contribution in [2.24, 2.45) is 5.92 Å². The molecule has 1 aromatic carbocycles. The van der Waals surface area contributed by atoms with Gasteiger partial charge in [-0.15, -0.1) is 0 Å². The molecule has 1 unspecified atom stereocenters. The van der Waals surface area contributed by atoms with Crippen LogP contribution in [0.5, 0.6) is 0 Å². The summed E-state index contributed by atoms with van der Waals surface area (Å²) in [5.74, 6) is 0.283. The summed E-state index contributed by atoms with van der Waals surface area (Å²) in [6, 6.07) is 3.71. The molecule has 106 valence electrons. The van der Waals surface area contributed by atoms with E-state index < -0.39 is 11.3 Å². The van der Waals surface area contributed by atoms with Crippen LogP contribution in [0.15, 0.2) is 18.2 Å². The first kappa shape index (κ1) is 15.5. The van der Waals surface area contributed by atoms with Crippen LogP contribution in [-0.4, -0.2) is 18.0 Å². The van der Waals surface area contributed by atoms with Crippen LogP contribution < -0.4 is 5.32 Å². The number of nitro groups is 1. The molecule has 0 bridgehead atoms. The van der Waals surface area contributed by atoms with E-state index in [0.717, 1.165) is 6.07 Å². The van der Waals surface area contributed by atoms with Crippen LogP contribution in [0, 0.1) is 16.0 Å². The molecule has 1 aromatic rings. The summed E-state index contributed by atoms with van der Waals surface area (Å²) in [6.45, 7) is 3.99. The van der Waals surface area contributed by atoms with Crippen LogP contribution >= 0.6 is 0 Å². The molecule has 0 aliphatic heterocycles. The zero-order valence-corrected chi connectivity index (χ0v) is 11.2. The summed E-state index contributed by atoms with van der Waals surface area (Å²) in [4.78, 5) is 9.96. The second-order valence-corrected chi connectivity index (χ2v) is 4.78. The van der Waals surface area contributed by atoms with Crippen molar-refractivity contribution in [1.82, 2.24) is 5.32 Å². The third kappa shape index (κ3) is 3.96. The van der Waals surface area contributed by atoms with E-state index in [2.05, 4.69) is 5.32 Å². The molecule has 4 nitrogen and oxygen atoms in total. The van der Waals surface area contributed by atoms with Gasteiger partial charge in [0, 0.05) is 23.7 Å². The standard InChI is InChI=1S/C13H18F2N2O2/c1-8(2)12(16-3)6-9-4-5-10(17(18)19)7-11(9)13(14)15/h4-5,7-8,12-13,16H,6H2,1-3H3. The summed E-state index contributed by atoms with van der Waals surface area (Å²) in [6.07, 6.45) is -2.29. The number of benzene rings is 1. The molecule has 0 radical (unpaired) electrons. The first-order valence-electron chi connectivity index (χ1n) is 6.09. The molecule has 0 heterocycles. The zero-order chi connectivity index (χ0) is 14.6. The highest BCUT2D eigenvalue weighted by atomic mass is 19.3. The van der Waals surface area contributed by atoms with Gasteiger partial charge in [-0.05, 0) is 24.9 Å². The highest BCUT2D eigenvalue weighted by Crippen LogP contribution is 2.28. The summed E-state index contributed by atoms with van der Waals surface area (Å²) in [7, 11) is 1.78. The van der Waals surface area contributed by atoms with Crippen molar-refractivity contribution >= 4 is 5.69 Å². The Kier molecular flexibility index (Phi) is 5.35. The minimum absolute atomic E-state index is 0.0546. The Labute approximate surface area is 111 Å². The number of nitro benzene ring substituents is 1. The maximum Gasteiger partial charge on any atom is 0.269 e. The number of hydrogen-bond acceptors (Lipinski definition) is 3. The lowest BCUT2D eigenvalue weighted by Crippen LogP contribution is -2.33. The number of halogens is 2. The Balaban J connectivity index is 3.09. The summed E-state index contributed by atoms with van der Waals surface area (Å²) in [5, 5.41) is 13.7. The second-order valence-electron chi connectivity index (χ2n) is 4.78. The normalized spacial score (nSPS) is 13.0. The van der Waals surface area contributed by atoms with E-state index in [-0.39, 0.29) is 23.2 Å². The fraction of sp³-hybridized carbons (Fsp3) is 0.538. The van der Waals surface area contributed by atoms with Gasteiger partial charge in [0.2, 0.25) is 0 Å². The van der Waals surface area contributed by atoms with Gasteiger partial charge in [0.25, 0.3) is 12.1 Å². The molecule has 1 rings (SSSR count). The van der Waals surface area contributed by atoms with Gasteiger partial charge in [0.1, 0.15) is 0 Å². The first-order valence-corrected chi connectivity index (χ1v) is 6.09. The van der Waals surface area contributed by atoms with Crippen LogP contribution in [-0.2, 0) is 6.42 Å². The van der Waals surface area contributed by atoms with Gasteiger partial charge in [0.15, 0.2) is 0 Å². The predicted octanol–water partition coefficient (Wildman–Crippen LogP) is 3.32. The van der Waals surface area contributed by atoms with Crippen molar-refractivity contribution in [1.29, 1.82) is 0 Å². The summed E-state index contributed by atoms with van der Waals surface area (Å²) >= 11 is 0. The number of non-ortho nitro benzene ring substituents is 1. The van der Waals surface area contributed by atoms with Crippen molar-refractivity contribution < 1.29 is 13.7 Å². The minimum Gasteiger partial charge on any atom is -0.316 e. The number of nitrogens with one attached hydrogen (secondary N) is 1. The van der Waals surface area contributed by atoms with Crippen LogP contribution in [0.2, 0.25) is 0 Å². The molecule has 0 saturated heterocycles. The van der Waals surface area contributed by atoms with Crippen molar-refractivity contribution in [2.45, 2.75) is 32.7 Å². The van der Waals surface area contributed by atoms with E-state index in [0.29, 0.717) is 12.0 Å². The molecule has 19 heavy (non-hydrogen) atoms. The lowest BCUT2D eigenvalue weighted by molar-refractivity contribution is -0.385. The highest BCUT2D eigenvalue weighted by Gasteiger charge is 2.21. The third-order valence-electron chi connectivity index (χ3n) is 3.19. The van der Waals surface area contributed by atoms with E-state index in [1.54, 1.807) is 7.05 Å². The largest absolute Gasteiger partial charge is 0.316 e. The van der Waals surface area contributed by atoms with E-state index >= 15 is 0 Å². The van der Waals surface area contributed by atoms with Gasteiger partial charge >= 0.3 is 0 Å². The molecule has 1 N–H and O–H groups in total. The minimum atomic E-state index is -2.71. The van der Waals surface area contributed by atoms with Crippen LogP contribution in [0.1, 0.15) is 31.4 Å². The molecular formula is C13H18F2N2O2. The van der Waals surface area contributed by atoms with E-state index in [9.17, 15) is 18.9 Å². The molecule has 0 fully saturated rings. The number of hydrogen-bond donors (Lipinski definition) is 1. The van der Waals surface area contributed by atoms with E-state index in [1.165, 1.54) is 12.1 Å². The van der Waals surface area contributed by atoms with Gasteiger partial charge in [-0.1, -0.05) is 19.9 Å². The first-order chi connectivity index (χ1) is 8.86. The topological polar surface area (TPSA) is 55.2 Å². The fourth-order valence-electron chi connectivity index (χ4n) is 1.99. The third-order valence-corrected chi connectivity index (χ3v) is 3.19. The zero-order valence-electron chi connectivity index (χ0n) is 11.2. The van der Waals surface area contributed by atoms with Gasteiger partial charge < -0.3 is 5.32 Å². The Bertz CT molecular complexity index is 450. The Morgan fingerprint density at radius 3 is 2.42 bits per heavy atom. The van der Waals surface area contributed by atoms with Gasteiger partial charge in [-0.3, -0.25) is 10.1 Å². The smallest absolute Gasteiger partial charge is 0.269 e. The van der Waals surface area contributed by atoms with E-state index in [4.69, 9.17) is 0 Å². The van der Waals surface area contributed by atoms with Crippen molar-refractivity contribution in [3.05, 3.63) is 39.4 Å². The molecule has 0 aliphatic carbocycles. The Morgan fingerprint density at radius 1 is 1.37 bits per heavy atom. The Hall–Kier alpha value is -1.56. The lowest BCUT2D eigenvalue weighted by atomic mass is 9.93. The maximum absolute atomic E-state index is 13.0. The predicted molar refractivity (Wildman–Crippen MR) is 69.4 cm³/mol. The van der Waals surface area contributed by atoms with E-state index in [1.807, 2.05) is 13.8 Å². The lowest BCUT2D eigenvalue weighted by Gasteiger charge is -2.21. The SMILES string of the molecule is CNC(Cc1ccc([N+](=O)[O-])cc1C(F)F)C(C)C. The summed E-state index contributed by atoms with van der Waals surface area (Å²) in [5.41, 5.74) is -0.103. The van der Waals surface area contributed by atoms with Crippen LogP contribution in [0.25, 0.3) is 0 Å². The van der Waals surface area contributed by atoms with Gasteiger partial charge in [-0.2, -0.15) is 0 Å². The molecular weight excluding hydrogens is 254 g/mol. The van der Waals surface area contributed by atoms with Crippen molar-refractivity contribution in [3.63, 3.8) is 0 Å². The van der Waals surface area contributed by atoms with Crippen LogP contribution in [0.3, 0.4) is 0 Å². The molecule has 6 heteroatoms. The average Bonchev–Trinajstić information content (AvgIpc) is 2.35. The maximum atomic E-state index is 13.0. The fourth-order valence-corrected chi connectivity index (χ4v) is 1.99. The molecule has 0 spiro atoms. The molecule has 0 saturated carbocycles. The average molecular weight is 272 g/mol. The number of nitrogens with zero attached hydrogens (tertiary/aromatic N) is 1.